The van der Waals surface area contributed by atoms with Gasteiger partial charge in [-0.1, -0.05) is 0 Å². The Morgan fingerprint density at radius 3 is 2.44 bits per heavy atom. The number of carbonyl (C=O) groups excluding carboxylic acids is 1. The van der Waals surface area contributed by atoms with E-state index < -0.39 is 30.0 Å². The smallest absolute Gasteiger partial charge is 0.339 e. The molecule has 0 aromatic carbocycles. The Bertz CT molecular complexity index is 441. The summed E-state index contributed by atoms with van der Waals surface area (Å²) >= 11 is 0. The average Bonchev–Trinajstić information content (AvgIpc) is 3.08. The Hall–Kier alpha value is -1.73. The van der Waals surface area contributed by atoms with Crippen LogP contribution in [0.4, 0.5) is 17.6 Å². The van der Waals surface area contributed by atoms with Crippen LogP contribution < -0.4 is 5.32 Å². The summed E-state index contributed by atoms with van der Waals surface area (Å²) in [6, 6.07) is -1.88. The number of nitrogens with zero attached hydrogens (tertiary/aromatic N) is 2. The molecule has 1 fully saturated rings. The van der Waals surface area contributed by atoms with Crippen molar-refractivity contribution < 1.29 is 22.4 Å². The zero-order valence-electron chi connectivity index (χ0n) is 9.04. The molecule has 1 aromatic rings. The number of amides is 1. The van der Waals surface area contributed by atoms with Gasteiger partial charge in [0.1, 0.15) is 11.7 Å². The predicted molar refractivity (Wildman–Crippen MR) is 52.0 cm³/mol. The fourth-order valence-electron chi connectivity index (χ4n) is 1.54. The highest BCUT2D eigenvalue weighted by Crippen LogP contribution is 2.40. The number of hydrogen-bond acceptors (Lipinski definition) is 3. The van der Waals surface area contributed by atoms with Gasteiger partial charge in [-0.3, -0.25) is 4.79 Å². The molecule has 8 heteroatoms. The fraction of sp³-hybridized carbons (Fsp3) is 0.500. The van der Waals surface area contributed by atoms with Crippen LogP contribution in [0.3, 0.4) is 0 Å². The summed E-state index contributed by atoms with van der Waals surface area (Å²) in [5.74, 6) is -2.49. The standard InChI is InChI=1S/C10H9F4N3O/c11-7-4-15-6(3-16-7)9(18)17-8(5-1-2-5)10(12,13)14/h3-5,8H,1-2H2,(H,17,18)/t8-/m0/s1. The fourth-order valence-corrected chi connectivity index (χ4v) is 1.54. The van der Waals surface area contributed by atoms with Crippen molar-refractivity contribution in [3.8, 4) is 0 Å². The van der Waals surface area contributed by atoms with E-state index >= 15 is 0 Å². The molecular formula is C10H9F4N3O. The highest BCUT2D eigenvalue weighted by molar-refractivity contribution is 5.92. The normalized spacial score (nSPS) is 17.3. The monoisotopic (exact) mass is 263 g/mol. The van der Waals surface area contributed by atoms with Crippen molar-refractivity contribution >= 4 is 5.91 Å². The Morgan fingerprint density at radius 1 is 1.33 bits per heavy atom. The molecule has 0 saturated heterocycles. The lowest BCUT2D eigenvalue weighted by molar-refractivity contribution is -0.158. The summed E-state index contributed by atoms with van der Waals surface area (Å²) in [4.78, 5) is 18.0. The Morgan fingerprint density at radius 2 is 2.00 bits per heavy atom. The second-order valence-electron chi connectivity index (χ2n) is 4.05. The van der Waals surface area contributed by atoms with Gasteiger partial charge in [0, 0.05) is 0 Å². The first-order valence-electron chi connectivity index (χ1n) is 5.23. The molecule has 1 amide bonds. The second kappa shape index (κ2) is 4.51. The van der Waals surface area contributed by atoms with Crippen LogP contribution in [0.15, 0.2) is 12.4 Å². The van der Waals surface area contributed by atoms with Gasteiger partial charge in [-0.15, -0.1) is 0 Å². The Balaban J connectivity index is 2.07. The van der Waals surface area contributed by atoms with E-state index in [4.69, 9.17) is 0 Å². The lowest BCUT2D eigenvalue weighted by Crippen LogP contribution is -2.47. The first kappa shape index (κ1) is 12.7. The zero-order valence-corrected chi connectivity index (χ0v) is 9.04. The summed E-state index contributed by atoms with van der Waals surface area (Å²) in [5.41, 5.74) is -0.341. The molecule has 1 heterocycles. The second-order valence-corrected chi connectivity index (χ2v) is 4.05. The van der Waals surface area contributed by atoms with Crippen molar-refractivity contribution in [2.24, 2.45) is 5.92 Å². The molecule has 0 aliphatic heterocycles. The van der Waals surface area contributed by atoms with E-state index in [1.165, 1.54) is 0 Å². The third kappa shape index (κ3) is 2.93. The van der Waals surface area contributed by atoms with Crippen molar-refractivity contribution in [1.29, 1.82) is 0 Å². The van der Waals surface area contributed by atoms with Crippen molar-refractivity contribution in [1.82, 2.24) is 15.3 Å². The van der Waals surface area contributed by atoms with Gasteiger partial charge in [-0.25, -0.2) is 9.97 Å². The molecule has 0 unspecified atom stereocenters. The number of halogens is 4. The van der Waals surface area contributed by atoms with Gasteiger partial charge in [0.25, 0.3) is 5.91 Å². The minimum absolute atomic E-state index is 0.341. The number of rotatable bonds is 3. The van der Waals surface area contributed by atoms with Crippen molar-refractivity contribution in [2.45, 2.75) is 25.1 Å². The molecule has 1 N–H and O–H groups in total. The number of alkyl halides is 3. The number of nitrogens with one attached hydrogen (secondary N) is 1. The minimum atomic E-state index is -4.50. The predicted octanol–water partition coefficient (Wildman–Crippen LogP) is 1.69. The molecule has 1 atom stereocenters. The summed E-state index contributed by atoms with van der Waals surface area (Å²) in [6.45, 7) is 0. The lowest BCUT2D eigenvalue weighted by atomic mass is 10.1. The topological polar surface area (TPSA) is 54.9 Å². The summed E-state index contributed by atoms with van der Waals surface area (Å²) < 4.78 is 50.4. The largest absolute Gasteiger partial charge is 0.408 e. The van der Waals surface area contributed by atoms with E-state index in [9.17, 15) is 22.4 Å². The Kier molecular flexibility index (Phi) is 3.18. The van der Waals surface area contributed by atoms with Crippen LogP contribution in [0.1, 0.15) is 23.3 Å². The third-order valence-electron chi connectivity index (χ3n) is 2.59. The summed E-state index contributed by atoms with van der Waals surface area (Å²) in [5, 5.41) is 1.87. The van der Waals surface area contributed by atoms with Gasteiger partial charge in [-0.2, -0.15) is 17.6 Å². The molecular weight excluding hydrogens is 254 g/mol. The highest BCUT2D eigenvalue weighted by Gasteiger charge is 2.49. The van der Waals surface area contributed by atoms with Crippen LogP contribution in [0, 0.1) is 11.9 Å². The van der Waals surface area contributed by atoms with Gasteiger partial charge < -0.3 is 5.32 Å². The van der Waals surface area contributed by atoms with Crippen LogP contribution in [-0.2, 0) is 0 Å². The lowest BCUT2D eigenvalue weighted by Gasteiger charge is -2.20. The first-order valence-corrected chi connectivity index (χ1v) is 5.23. The maximum absolute atomic E-state index is 12.6. The van der Waals surface area contributed by atoms with E-state index in [0.29, 0.717) is 19.0 Å². The molecule has 1 aliphatic carbocycles. The van der Waals surface area contributed by atoms with Crippen LogP contribution in [-0.4, -0.2) is 28.1 Å². The molecule has 2 rings (SSSR count). The maximum Gasteiger partial charge on any atom is 0.408 e. The summed E-state index contributed by atoms with van der Waals surface area (Å²) in [6.07, 6.45) is -2.16. The van der Waals surface area contributed by atoms with Crippen molar-refractivity contribution in [3.63, 3.8) is 0 Å². The van der Waals surface area contributed by atoms with Gasteiger partial charge in [0.2, 0.25) is 5.95 Å². The SMILES string of the molecule is O=C(N[C@@H](C1CC1)C(F)(F)F)c1cnc(F)cn1. The van der Waals surface area contributed by atoms with E-state index in [1.807, 2.05) is 5.32 Å². The van der Waals surface area contributed by atoms with Crippen LogP contribution in [0.5, 0.6) is 0 Å². The van der Waals surface area contributed by atoms with Crippen LogP contribution >= 0.6 is 0 Å². The molecule has 0 bridgehead atoms. The van der Waals surface area contributed by atoms with E-state index in [-0.39, 0.29) is 5.69 Å². The number of carbonyl (C=O) groups is 1. The highest BCUT2D eigenvalue weighted by atomic mass is 19.4. The molecule has 0 spiro atoms. The minimum Gasteiger partial charge on any atom is -0.339 e. The average molecular weight is 263 g/mol. The molecule has 98 valence electrons. The molecule has 0 radical (unpaired) electrons. The van der Waals surface area contributed by atoms with E-state index in [0.717, 1.165) is 6.20 Å². The van der Waals surface area contributed by atoms with Gasteiger partial charge in [-0.05, 0) is 18.8 Å². The summed E-state index contributed by atoms with van der Waals surface area (Å²) in [7, 11) is 0. The first-order chi connectivity index (χ1) is 8.38. The van der Waals surface area contributed by atoms with E-state index in [1.54, 1.807) is 0 Å². The molecule has 1 saturated carbocycles. The number of aromatic nitrogens is 2. The molecule has 4 nitrogen and oxygen atoms in total. The zero-order chi connectivity index (χ0) is 13.3. The quantitative estimate of drug-likeness (QED) is 0.844. The molecule has 18 heavy (non-hydrogen) atoms. The van der Waals surface area contributed by atoms with Gasteiger partial charge in [0.15, 0.2) is 0 Å². The van der Waals surface area contributed by atoms with Crippen LogP contribution in [0.25, 0.3) is 0 Å². The molecule has 1 aliphatic rings. The third-order valence-corrected chi connectivity index (χ3v) is 2.59. The van der Waals surface area contributed by atoms with Crippen LogP contribution in [0.2, 0.25) is 0 Å². The van der Waals surface area contributed by atoms with Gasteiger partial charge in [0.05, 0.1) is 12.4 Å². The maximum atomic E-state index is 12.6. The van der Waals surface area contributed by atoms with Crippen molar-refractivity contribution in [3.05, 3.63) is 24.0 Å². The van der Waals surface area contributed by atoms with E-state index in [2.05, 4.69) is 9.97 Å². The van der Waals surface area contributed by atoms with Gasteiger partial charge >= 0.3 is 6.18 Å². The molecule has 1 aromatic heterocycles. The number of hydrogen-bond donors (Lipinski definition) is 1. The van der Waals surface area contributed by atoms with Crippen molar-refractivity contribution in [2.75, 3.05) is 0 Å². The Labute approximate surface area is 99.4 Å².